The Morgan fingerprint density at radius 2 is 1.86 bits per heavy atom. The number of amides is 1. The van der Waals surface area contributed by atoms with Gasteiger partial charge in [0.05, 0.1) is 23.8 Å². The molecule has 1 fully saturated rings. The van der Waals surface area contributed by atoms with E-state index in [0.29, 0.717) is 42.7 Å². The Morgan fingerprint density at radius 1 is 1.10 bits per heavy atom. The zero-order valence-electron chi connectivity index (χ0n) is 16.1. The summed E-state index contributed by atoms with van der Waals surface area (Å²) in [5, 5.41) is 0.426. The predicted octanol–water partition coefficient (Wildman–Crippen LogP) is 3.83. The molecule has 3 heterocycles. The van der Waals surface area contributed by atoms with Crippen LogP contribution in [-0.4, -0.2) is 47.1 Å². The van der Waals surface area contributed by atoms with E-state index in [-0.39, 0.29) is 5.91 Å². The molecule has 1 aliphatic heterocycles. The van der Waals surface area contributed by atoms with Crippen LogP contribution in [0.25, 0.3) is 22.3 Å². The molecule has 1 aromatic carbocycles. The molecule has 0 bridgehead atoms. The third-order valence-corrected chi connectivity index (χ3v) is 5.34. The van der Waals surface area contributed by atoms with Gasteiger partial charge in [0, 0.05) is 42.3 Å². The van der Waals surface area contributed by atoms with Crippen LogP contribution in [0.5, 0.6) is 0 Å². The highest BCUT2D eigenvalue weighted by Gasteiger charge is 2.21. The van der Waals surface area contributed by atoms with E-state index in [0.717, 1.165) is 27.9 Å². The number of pyridine rings is 2. The number of morpholine rings is 1. The fourth-order valence-corrected chi connectivity index (χ4v) is 3.78. The number of aryl methyl sites for hydroxylation is 1. The molecule has 29 heavy (non-hydrogen) atoms. The van der Waals surface area contributed by atoms with Crippen molar-refractivity contribution in [2.45, 2.75) is 6.92 Å². The Bertz CT molecular complexity index is 1050. The van der Waals surface area contributed by atoms with Crippen molar-refractivity contribution in [3.63, 3.8) is 0 Å². The Labute approximate surface area is 174 Å². The topological polar surface area (TPSA) is 81.3 Å². The van der Waals surface area contributed by atoms with E-state index in [1.54, 1.807) is 29.4 Å². The summed E-state index contributed by atoms with van der Waals surface area (Å²) in [6, 6.07) is 11.2. The van der Waals surface area contributed by atoms with Gasteiger partial charge in [0.15, 0.2) is 0 Å². The molecule has 0 radical (unpaired) electrons. The highest BCUT2D eigenvalue weighted by atomic mass is 35.5. The van der Waals surface area contributed by atoms with Crippen LogP contribution >= 0.6 is 11.6 Å². The maximum atomic E-state index is 12.8. The van der Waals surface area contributed by atoms with Gasteiger partial charge in [-0.05, 0) is 48.4 Å². The van der Waals surface area contributed by atoms with Crippen LogP contribution in [0.1, 0.15) is 16.1 Å². The van der Waals surface area contributed by atoms with E-state index in [9.17, 15) is 4.79 Å². The lowest BCUT2D eigenvalue weighted by atomic mass is 9.94. The molecule has 148 valence electrons. The van der Waals surface area contributed by atoms with Crippen molar-refractivity contribution in [2.75, 3.05) is 32.0 Å². The Balaban J connectivity index is 1.73. The van der Waals surface area contributed by atoms with Crippen LogP contribution in [0, 0.1) is 6.92 Å². The highest BCUT2D eigenvalue weighted by molar-refractivity contribution is 6.34. The van der Waals surface area contributed by atoms with Gasteiger partial charge >= 0.3 is 0 Å². The average Bonchev–Trinajstić information content (AvgIpc) is 2.74. The lowest BCUT2D eigenvalue weighted by molar-refractivity contribution is 0.0303. The number of halogens is 1. The Hall–Kier alpha value is -2.96. The van der Waals surface area contributed by atoms with Gasteiger partial charge in [0.1, 0.15) is 5.82 Å². The summed E-state index contributed by atoms with van der Waals surface area (Å²) < 4.78 is 5.32. The zero-order chi connectivity index (χ0) is 20.4. The first kappa shape index (κ1) is 19.4. The molecule has 1 saturated heterocycles. The normalized spacial score (nSPS) is 14.1. The lowest BCUT2D eigenvalue weighted by Gasteiger charge is -2.27. The number of hydrogen-bond donors (Lipinski definition) is 1. The zero-order valence-corrected chi connectivity index (χ0v) is 16.8. The van der Waals surface area contributed by atoms with Crippen LogP contribution in [0.2, 0.25) is 5.02 Å². The largest absolute Gasteiger partial charge is 0.384 e. The monoisotopic (exact) mass is 408 g/mol. The van der Waals surface area contributed by atoms with Gasteiger partial charge in [-0.1, -0.05) is 17.7 Å². The van der Waals surface area contributed by atoms with Crippen LogP contribution < -0.4 is 5.73 Å². The minimum Gasteiger partial charge on any atom is -0.384 e. The third-order valence-electron chi connectivity index (χ3n) is 5.02. The second kappa shape index (κ2) is 8.19. The minimum absolute atomic E-state index is 0.0706. The first-order chi connectivity index (χ1) is 14.0. The van der Waals surface area contributed by atoms with E-state index >= 15 is 0 Å². The van der Waals surface area contributed by atoms with Crippen molar-refractivity contribution < 1.29 is 9.53 Å². The molecular formula is C22H21ClN4O2. The molecule has 3 aromatic rings. The Kier molecular flexibility index (Phi) is 5.47. The molecule has 0 unspecified atom stereocenters. The molecule has 6 nitrogen and oxygen atoms in total. The number of hydrogen-bond acceptors (Lipinski definition) is 5. The van der Waals surface area contributed by atoms with Gasteiger partial charge < -0.3 is 15.4 Å². The number of rotatable bonds is 3. The van der Waals surface area contributed by atoms with E-state index in [2.05, 4.69) is 9.97 Å². The number of anilines is 1. The Morgan fingerprint density at radius 3 is 2.55 bits per heavy atom. The van der Waals surface area contributed by atoms with Crippen molar-refractivity contribution >= 4 is 23.3 Å². The molecule has 0 atom stereocenters. The first-order valence-corrected chi connectivity index (χ1v) is 9.77. The molecule has 7 heteroatoms. The van der Waals surface area contributed by atoms with Crippen molar-refractivity contribution in [2.24, 2.45) is 0 Å². The smallest absolute Gasteiger partial charge is 0.255 e. The third kappa shape index (κ3) is 3.95. The van der Waals surface area contributed by atoms with Crippen LogP contribution in [0.15, 0.2) is 48.8 Å². The second-order valence-electron chi connectivity index (χ2n) is 6.89. The summed E-state index contributed by atoms with van der Waals surface area (Å²) in [7, 11) is 0. The minimum atomic E-state index is -0.0706. The highest BCUT2D eigenvalue weighted by Crippen LogP contribution is 2.35. The number of nitrogens with zero attached hydrogens (tertiary/aromatic N) is 3. The summed E-state index contributed by atoms with van der Waals surface area (Å²) in [5.41, 5.74) is 10.9. The molecule has 1 amide bonds. The van der Waals surface area contributed by atoms with E-state index in [1.807, 2.05) is 31.2 Å². The van der Waals surface area contributed by atoms with Crippen LogP contribution in [0.4, 0.5) is 5.82 Å². The molecule has 0 saturated carbocycles. The molecule has 0 spiro atoms. The van der Waals surface area contributed by atoms with Gasteiger partial charge in [-0.15, -0.1) is 0 Å². The number of nitrogens with two attached hydrogens (primary N) is 1. The molecule has 0 aliphatic carbocycles. The first-order valence-electron chi connectivity index (χ1n) is 9.39. The number of ether oxygens (including phenoxy) is 1. The van der Waals surface area contributed by atoms with Crippen LogP contribution in [-0.2, 0) is 4.74 Å². The van der Waals surface area contributed by atoms with E-state index in [1.165, 1.54) is 0 Å². The van der Waals surface area contributed by atoms with E-state index < -0.39 is 0 Å². The van der Waals surface area contributed by atoms with Crippen LogP contribution in [0.3, 0.4) is 0 Å². The van der Waals surface area contributed by atoms with Gasteiger partial charge in [0.2, 0.25) is 0 Å². The number of aromatic nitrogens is 2. The summed E-state index contributed by atoms with van der Waals surface area (Å²) in [6.45, 7) is 4.21. The van der Waals surface area contributed by atoms with E-state index in [4.69, 9.17) is 22.1 Å². The van der Waals surface area contributed by atoms with Crippen molar-refractivity contribution in [1.29, 1.82) is 0 Å². The van der Waals surface area contributed by atoms with Gasteiger partial charge in [-0.25, -0.2) is 4.98 Å². The quantitative estimate of drug-likeness (QED) is 0.712. The molecule has 2 N–H and O–H groups in total. The fourth-order valence-electron chi connectivity index (χ4n) is 3.52. The number of carbonyl (C=O) groups is 1. The lowest BCUT2D eigenvalue weighted by Crippen LogP contribution is -2.40. The maximum absolute atomic E-state index is 12.8. The number of nitrogen functional groups attached to an aromatic ring is 1. The summed E-state index contributed by atoms with van der Waals surface area (Å²) in [5.74, 6) is 0.393. The molecule has 1 aliphatic rings. The average molecular weight is 409 g/mol. The van der Waals surface area contributed by atoms with Gasteiger partial charge in [0.25, 0.3) is 5.91 Å². The SMILES string of the molecule is Cc1nccc(-c2ccc(C(=O)N3CCOCC3)c(Cl)c2)c1-c1ccc(N)nc1. The van der Waals surface area contributed by atoms with Crippen molar-refractivity contribution in [3.05, 3.63) is 65.1 Å². The number of carbonyl (C=O) groups excluding carboxylic acids is 1. The summed E-state index contributed by atoms with van der Waals surface area (Å²) >= 11 is 6.53. The van der Waals surface area contributed by atoms with Crippen molar-refractivity contribution in [1.82, 2.24) is 14.9 Å². The van der Waals surface area contributed by atoms with Crippen molar-refractivity contribution in [3.8, 4) is 22.3 Å². The molecular weight excluding hydrogens is 388 g/mol. The predicted molar refractivity (Wildman–Crippen MR) is 114 cm³/mol. The van der Waals surface area contributed by atoms with Gasteiger partial charge in [-0.2, -0.15) is 0 Å². The number of benzene rings is 1. The molecule has 2 aromatic heterocycles. The fraction of sp³-hybridized carbons (Fsp3) is 0.227. The maximum Gasteiger partial charge on any atom is 0.255 e. The molecule has 4 rings (SSSR count). The standard InChI is InChI=1S/C22H21ClN4O2/c1-14-21(16-3-5-20(24)26-13-16)17(6-7-25-14)15-2-4-18(19(23)12-15)22(28)27-8-10-29-11-9-27/h2-7,12-13H,8-11H2,1H3,(H2,24,26). The second-order valence-corrected chi connectivity index (χ2v) is 7.30. The van der Waals surface area contributed by atoms with Gasteiger partial charge in [-0.3, -0.25) is 9.78 Å². The summed E-state index contributed by atoms with van der Waals surface area (Å²) in [6.07, 6.45) is 3.50. The summed E-state index contributed by atoms with van der Waals surface area (Å²) in [4.78, 5) is 23.2.